The predicted octanol–water partition coefficient (Wildman–Crippen LogP) is 4.60. The lowest BCUT2D eigenvalue weighted by Crippen LogP contribution is -2.24. The highest BCUT2D eigenvalue weighted by molar-refractivity contribution is 6.30. The van der Waals surface area contributed by atoms with Crippen molar-refractivity contribution in [1.29, 1.82) is 0 Å². The van der Waals surface area contributed by atoms with Crippen LogP contribution in [0.25, 0.3) is 16.9 Å². The number of nitrogens with zero attached hydrogens (tertiary/aromatic N) is 4. The summed E-state index contributed by atoms with van der Waals surface area (Å²) in [6, 6.07) is 17.1. The Bertz CT molecular complexity index is 1090. The summed E-state index contributed by atoms with van der Waals surface area (Å²) < 4.78 is 3.77. The molecular formula is C23H22ClN5O. The van der Waals surface area contributed by atoms with Crippen LogP contribution in [-0.2, 0) is 6.54 Å². The Morgan fingerprint density at radius 2 is 1.83 bits per heavy atom. The number of carbonyl (C=O) groups is 1. The van der Waals surface area contributed by atoms with Gasteiger partial charge in [-0.15, -0.1) is 0 Å². The van der Waals surface area contributed by atoms with Gasteiger partial charge in [0.25, 0.3) is 5.91 Å². The summed E-state index contributed by atoms with van der Waals surface area (Å²) in [5.74, 6) is -0.134. The molecule has 30 heavy (non-hydrogen) atoms. The minimum absolute atomic E-state index is 0.134. The van der Waals surface area contributed by atoms with Crippen LogP contribution in [0.3, 0.4) is 0 Å². The topological polar surface area (TPSA) is 64.7 Å². The minimum Gasteiger partial charge on any atom is -0.352 e. The summed E-state index contributed by atoms with van der Waals surface area (Å²) >= 11 is 6.03. The van der Waals surface area contributed by atoms with Gasteiger partial charge in [0.05, 0.1) is 17.6 Å². The van der Waals surface area contributed by atoms with E-state index < -0.39 is 0 Å². The Hall–Kier alpha value is -3.38. The van der Waals surface area contributed by atoms with Gasteiger partial charge in [-0.05, 0) is 37.1 Å². The van der Waals surface area contributed by atoms with Crippen LogP contribution in [0, 0.1) is 0 Å². The molecule has 0 aliphatic carbocycles. The van der Waals surface area contributed by atoms with Crippen LogP contribution >= 0.6 is 11.6 Å². The molecule has 0 spiro atoms. The first-order chi connectivity index (χ1) is 14.7. The van der Waals surface area contributed by atoms with Crippen LogP contribution < -0.4 is 5.32 Å². The fraction of sp³-hybridized carbons (Fsp3) is 0.174. The lowest BCUT2D eigenvalue weighted by Gasteiger charge is -2.06. The zero-order valence-corrected chi connectivity index (χ0v) is 17.2. The fourth-order valence-corrected chi connectivity index (χ4v) is 3.34. The summed E-state index contributed by atoms with van der Waals surface area (Å²) in [5, 5.41) is 8.35. The number of nitrogens with one attached hydrogen (secondary N) is 1. The second kappa shape index (κ2) is 9.41. The first-order valence-electron chi connectivity index (χ1n) is 9.86. The molecule has 0 saturated heterocycles. The van der Waals surface area contributed by atoms with Gasteiger partial charge >= 0.3 is 0 Å². The number of hydrogen-bond acceptors (Lipinski definition) is 3. The number of halogens is 1. The van der Waals surface area contributed by atoms with E-state index in [4.69, 9.17) is 11.6 Å². The molecule has 0 aliphatic heterocycles. The molecule has 2 heterocycles. The summed E-state index contributed by atoms with van der Waals surface area (Å²) in [5.41, 5.74) is 2.91. The van der Waals surface area contributed by atoms with Gasteiger partial charge in [-0.1, -0.05) is 41.9 Å². The molecule has 2 aromatic carbocycles. The predicted molar refractivity (Wildman–Crippen MR) is 118 cm³/mol. The molecule has 0 fully saturated rings. The Labute approximate surface area is 180 Å². The zero-order chi connectivity index (χ0) is 20.8. The average Bonchev–Trinajstić information content (AvgIpc) is 3.45. The number of unbranched alkanes of at least 4 members (excludes halogenated alkanes) is 1. The van der Waals surface area contributed by atoms with Crippen molar-refractivity contribution in [1.82, 2.24) is 24.6 Å². The number of aryl methyl sites for hydroxylation is 1. The highest BCUT2D eigenvalue weighted by Gasteiger charge is 2.18. The molecule has 4 rings (SSSR count). The van der Waals surface area contributed by atoms with Gasteiger partial charge < -0.3 is 9.88 Å². The Balaban J connectivity index is 1.49. The number of carbonyl (C=O) groups excluding carboxylic acids is 1. The number of imidazole rings is 1. The lowest BCUT2D eigenvalue weighted by molar-refractivity contribution is 0.0953. The second-order valence-electron chi connectivity index (χ2n) is 6.94. The van der Waals surface area contributed by atoms with Crippen LogP contribution in [-0.4, -0.2) is 31.8 Å². The van der Waals surface area contributed by atoms with Crippen molar-refractivity contribution < 1.29 is 4.79 Å². The zero-order valence-electron chi connectivity index (χ0n) is 16.4. The van der Waals surface area contributed by atoms with Crippen molar-refractivity contribution in [2.45, 2.75) is 19.4 Å². The Morgan fingerprint density at radius 3 is 2.57 bits per heavy atom. The summed E-state index contributed by atoms with van der Waals surface area (Å²) in [7, 11) is 0. The van der Waals surface area contributed by atoms with E-state index in [1.165, 1.54) is 0 Å². The van der Waals surface area contributed by atoms with E-state index in [1.54, 1.807) is 35.5 Å². The van der Waals surface area contributed by atoms with Crippen molar-refractivity contribution in [2.24, 2.45) is 0 Å². The molecule has 6 nitrogen and oxygen atoms in total. The average molecular weight is 420 g/mol. The number of aromatic nitrogens is 4. The first kappa shape index (κ1) is 19.9. The van der Waals surface area contributed by atoms with E-state index in [1.807, 2.05) is 53.2 Å². The summed E-state index contributed by atoms with van der Waals surface area (Å²) in [4.78, 5) is 17.0. The van der Waals surface area contributed by atoms with Crippen molar-refractivity contribution in [3.63, 3.8) is 0 Å². The highest BCUT2D eigenvalue weighted by atomic mass is 35.5. The van der Waals surface area contributed by atoms with Gasteiger partial charge in [0, 0.05) is 42.3 Å². The number of benzene rings is 2. The summed E-state index contributed by atoms with van der Waals surface area (Å²) in [6.45, 7) is 1.49. The van der Waals surface area contributed by atoms with E-state index in [0.29, 0.717) is 22.8 Å². The third-order valence-electron chi connectivity index (χ3n) is 4.79. The molecule has 0 radical (unpaired) electrons. The monoisotopic (exact) mass is 419 g/mol. The van der Waals surface area contributed by atoms with E-state index in [2.05, 4.69) is 15.4 Å². The molecule has 0 atom stereocenters. The fourth-order valence-electron chi connectivity index (χ4n) is 3.21. The SMILES string of the molecule is O=C(NCCCCn1ccnc1)c1cn(-c2ccccc2)nc1-c1ccc(Cl)cc1. The van der Waals surface area contributed by atoms with Gasteiger partial charge in [0.15, 0.2) is 0 Å². The maximum Gasteiger partial charge on any atom is 0.255 e. The molecule has 0 bridgehead atoms. The molecule has 1 amide bonds. The minimum atomic E-state index is -0.134. The standard InChI is InChI=1S/C23H22ClN5O/c24-19-10-8-18(9-11-19)22-21(16-29(27-22)20-6-2-1-3-7-20)23(30)26-12-4-5-14-28-15-13-25-17-28/h1-3,6-11,13,15-17H,4-5,12,14H2,(H,26,30). The van der Waals surface area contributed by atoms with Crippen LogP contribution in [0.2, 0.25) is 5.02 Å². The maximum absolute atomic E-state index is 12.9. The maximum atomic E-state index is 12.9. The Kier molecular flexibility index (Phi) is 6.25. The van der Waals surface area contributed by atoms with Crippen LogP contribution in [0.4, 0.5) is 0 Å². The van der Waals surface area contributed by atoms with Crippen LogP contribution in [0.1, 0.15) is 23.2 Å². The Morgan fingerprint density at radius 1 is 1.03 bits per heavy atom. The van der Waals surface area contributed by atoms with Gasteiger partial charge in [-0.2, -0.15) is 5.10 Å². The quantitative estimate of drug-likeness (QED) is 0.424. The molecular weight excluding hydrogens is 398 g/mol. The first-order valence-corrected chi connectivity index (χ1v) is 10.2. The van der Waals surface area contributed by atoms with Gasteiger partial charge in [0.1, 0.15) is 5.69 Å². The molecule has 152 valence electrons. The lowest BCUT2D eigenvalue weighted by atomic mass is 10.1. The van der Waals surface area contributed by atoms with Gasteiger partial charge in [-0.25, -0.2) is 9.67 Å². The third-order valence-corrected chi connectivity index (χ3v) is 5.04. The summed E-state index contributed by atoms with van der Waals surface area (Å²) in [6.07, 6.45) is 9.13. The number of amides is 1. The molecule has 0 unspecified atom stereocenters. The van der Waals surface area contributed by atoms with E-state index >= 15 is 0 Å². The molecule has 4 aromatic rings. The van der Waals surface area contributed by atoms with E-state index in [0.717, 1.165) is 30.6 Å². The van der Waals surface area contributed by atoms with Crippen LogP contribution in [0.15, 0.2) is 79.5 Å². The third kappa shape index (κ3) is 4.78. The molecule has 0 saturated carbocycles. The van der Waals surface area contributed by atoms with Crippen molar-refractivity contribution in [3.05, 3.63) is 90.1 Å². The second-order valence-corrected chi connectivity index (χ2v) is 7.38. The highest BCUT2D eigenvalue weighted by Crippen LogP contribution is 2.25. The molecule has 0 aliphatic rings. The van der Waals surface area contributed by atoms with Crippen molar-refractivity contribution in [3.8, 4) is 16.9 Å². The molecule has 1 N–H and O–H groups in total. The smallest absolute Gasteiger partial charge is 0.255 e. The number of rotatable bonds is 8. The van der Waals surface area contributed by atoms with E-state index in [-0.39, 0.29) is 5.91 Å². The van der Waals surface area contributed by atoms with Crippen molar-refractivity contribution >= 4 is 17.5 Å². The van der Waals surface area contributed by atoms with Gasteiger partial charge in [0.2, 0.25) is 0 Å². The largest absolute Gasteiger partial charge is 0.352 e. The molecule has 7 heteroatoms. The normalized spacial score (nSPS) is 10.8. The van der Waals surface area contributed by atoms with Gasteiger partial charge in [-0.3, -0.25) is 4.79 Å². The van der Waals surface area contributed by atoms with Crippen molar-refractivity contribution in [2.75, 3.05) is 6.54 Å². The number of para-hydroxylation sites is 1. The number of hydrogen-bond donors (Lipinski definition) is 1. The molecule has 2 aromatic heterocycles. The van der Waals surface area contributed by atoms with Crippen LogP contribution in [0.5, 0.6) is 0 Å². The van der Waals surface area contributed by atoms with E-state index in [9.17, 15) is 4.79 Å².